The van der Waals surface area contributed by atoms with Gasteiger partial charge in [-0.2, -0.15) is 0 Å². The quantitative estimate of drug-likeness (QED) is 0.413. The number of carbonyl (C=O) groups excluding carboxylic acids is 1. The molecule has 0 unspecified atom stereocenters. The van der Waals surface area contributed by atoms with E-state index in [0.29, 0.717) is 6.42 Å². The van der Waals surface area contributed by atoms with Crippen molar-refractivity contribution < 1.29 is 26.3 Å². The van der Waals surface area contributed by atoms with Gasteiger partial charge in [-0.05, 0) is 18.6 Å². The predicted octanol–water partition coefficient (Wildman–Crippen LogP) is 3.36. The van der Waals surface area contributed by atoms with Gasteiger partial charge in [-0.1, -0.05) is 39.0 Å². The molecule has 0 bridgehead atoms. The Morgan fingerprint density at radius 3 is 2.50 bits per heavy atom. The van der Waals surface area contributed by atoms with Crippen LogP contribution in [0.4, 0.5) is 0 Å². The number of fused-ring (bicyclic) bond motifs is 1. The highest BCUT2D eigenvalue weighted by atomic mass is 32.3. The van der Waals surface area contributed by atoms with Gasteiger partial charge < -0.3 is 13.1 Å². The van der Waals surface area contributed by atoms with Crippen molar-refractivity contribution in [2.45, 2.75) is 51.9 Å². The maximum atomic E-state index is 11.7. The van der Waals surface area contributed by atoms with Crippen LogP contribution in [-0.2, 0) is 15.2 Å². The SMILES string of the molecule is CCCCCCCCC(=O)Oc1ccc2c(c1)OS(=O)(=O)O2. The first-order chi connectivity index (χ1) is 10.5. The summed E-state index contributed by atoms with van der Waals surface area (Å²) in [5.74, 6) is 0.0354. The molecule has 0 radical (unpaired) electrons. The van der Waals surface area contributed by atoms with Gasteiger partial charge in [-0.15, -0.1) is 8.42 Å². The lowest BCUT2D eigenvalue weighted by molar-refractivity contribution is -0.134. The van der Waals surface area contributed by atoms with Crippen LogP contribution in [0.1, 0.15) is 51.9 Å². The van der Waals surface area contributed by atoms with E-state index >= 15 is 0 Å². The number of carbonyl (C=O) groups is 1. The number of benzene rings is 1. The number of hydrogen-bond donors (Lipinski definition) is 0. The molecule has 1 aliphatic rings. The lowest BCUT2D eigenvalue weighted by atomic mass is 10.1. The van der Waals surface area contributed by atoms with E-state index in [0.717, 1.165) is 19.3 Å². The topological polar surface area (TPSA) is 78.9 Å². The van der Waals surface area contributed by atoms with Crippen LogP contribution in [0.5, 0.6) is 17.2 Å². The first-order valence-corrected chi connectivity index (χ1v) is 8.82. The van der Waals surface area contributed by atoms with Crippen molar-refractivity contribution in [3.05, 3.63) is 18.2 Å². The molecule has 7 heteroatoms. The summed E-state index contributed by atoms with van der Waals surface area (Å²) in [6, 6.07) is 4.20. The van der Waals surface area contributed by atoms with Gasteiger partial charge in [0, 0.05) is 12.5 Å². The van der Waals surface area contributed by atoms with Crippen molar-refractivity contribution >= 4 is 16.4 Å². The maximum absolute atomic E-state index is 11.7. The van der Waals surface area contributed by atoms with Crippen LogP contribution in [0.25, 0.3) is 0 Å². The Morgan fingerprint density at radius 1 is 1.05 bits per heavy atom. The van der Waals surface area contributed by atoms with E-state index in [1.54, 1.807) is 0 Å². The number of hydrogen-bond acceptors (Lipinski definition) is 6. The fraction of sp³-hybridized carbons (Fsp3) is 0.533. The van der Waals surface area contributed by atoms with Gasteiger partial charge in [0.1, 0.15) is 5.75 Å². The third-order valence-corrected chi connectivity index (χ3v) is 4.03. The minimum Gasteiger partial charge on any atom is -0.426 e. The zero-order valence-electron chi connectivity index (χ0n) is 12.5. The maximum Gasteiger partial charge on any atom is 0.501 e. The van der Waals surface area contributed by atoms with Gasteiger partial charge in [-0.25, -0.2) is 0 Å². The second kappa shape index (κ2) is 7.49. The third-order valence-electron chi connectivity index (χ3n) is 3.27. The van der Waals surface area contributed by atoms with Crippen molar-refractivity contribution in [2.75, 3.05) is 0 Å². The molecule has 0 aromatic heterocycles. The Hall–Kier alpha value is -1.76. The van der Waals surface area contributed by atoms with Crippen molar-refractivity contribution in [1.82, 2.24) is 0 Å². The Kier molecular flexibility index (Phi) is 5.65. The predicted molar refractivity (Wildman–Crippen MR) is 80.2 cm³/mol. The fourth-order valence-corrected chi connectivity index (χ4v) is 2.90. The van der Waals surface area contributed by atoms with E-state index in [4.69, 9.17) is 4.74 Å². The summed E-state index contributed by atoms with van der Waals surface area (Å²) in [7, 11) is -4.02. The lowest BCUT2D eigenvalue weighted by Crippen LogP contribution is -2.08. The van der Waals surface area contributed by atoms with Crippen LogP contribution in [0, 0.1) is 0 Å². The van der Waals surface area contributed by atoms with Gasteiger partial charge in [0.15, 0.2) is 11.5 Å². The highest BCUT2D eigenvalue weighted by Gasteiger charge is 2.28. The van der Waals surface area contributed by atoms with Crippen molar-refractivity contribution in [1.29, 1.82) is 0 Å². The standard InChI is InChI=1S/C15H20O6S/c1-2-3-4-5-6-7-8-15(16)19-12-9-10-13-14(11-12)21-22(17,18)20-13/h9-11H,2-8H2,1H3. The molecule has 0 amide bonds. The van der Waals surface area contributed by atoms with Crippen LogP contribution in [-0.4, -0.2) is 14.4 Å². The Labute approximate surface area is 130 Å². The Bertz CT molecular complexity index is 623. The van der Waals surface area contributed by atoms with Crippen LogP contribution in [0.15, 0.2) is 18.2 Å². The van der Waals surface area contributed by atoms with E-state index in [1.165, 1.54) is 37.5 Å². The highest BCUT2D eigenvalue weighted by Crippen LogP contribution is 2.38. The molecule has 22 heavy (non-hydrogen) atoms. The number of rotatable bonds is 8. The molecule has 0 saturated heterocycles. The van der Waals surface area contributed by atoms with Gasteiger partial charge in [0.05, 0.1) is 0 Å². The van der Waals surface area contributed by atoms with Crippen molar-refractivity contribution in [3.8, 4) is 17.2 Å². The molecular weight excluding hydrogens is 308 g/mol. The van der Waals surface area contributed by atoms with Gasteiger partial charge in [-0.3, -0.25) is 4.79 Å². The fourth-order valence-electron chi connectivity index (χ4n) is 2.15. The number of ether oxygens (including phenoxy) is 1. The Morgan fingerprint density at radius 2 is 1.73 bits per heavy atom. The van der Waals surface area contributed by atoms with Crippen LogP contribution in [0.3, 0.4) is 0 Å². The Balaban J connectivity index is 1.76. The van der Waals surface area contributed by atoms with E-state index in [2.05, 4.69) is 15.3 Å². The van der Waals surface area contributed by atoms with E-state index in [9.17, 15) is 13.2 Å². The minimum absolute atomic E-state index is 0.0323. The first-order valence-electron chi connectivity index (χ1n) is 7.49. The van der Waals surface area contributed by atoms with E-state index < -0.39 is 10.4 Å². The second-order valence-corrected chi connectivity index (χ2v) is 6.33. The van der Waals surface area contributed by atoms with E-state index in [1.807, 2.05) is 0 Å². The number of unbranched alkanes of at least 4 members (excludes halogenated alkanes) is 5. The molecule has 1 aromatic carbocycles. The zero-order valence-corrected chi connectivity index (χ0v) is 13.4. The highest BCUT2D eigenvalue weighted by molar-refractivity contribution is 7.82. The summed E-state index contributed by atoms with van der Waals surface area (Å²) in [4.78, 5) is 11.7. The minimum atomic E-state index is -4.02. The lowest BCUT2D eigenvalue weighted by Gasteiger charge is -2.04. The summed E-state index contributed by atoms with van der Waals surface area (Å²) in [6.07, 6.45) is 6.90. The third kappa shape index (κ3) is 4.91. The molecule has 1 aromatic rings. The van der Waals surface area contributed by atoms with Crippen molar-refractivity contribution in [2.24, 2.45) is 0 Å². The summed E-state index contributed by atoms with van der Waals surface area (Å²) in [5.41, 5.74) is 0. The second-order valence-electron chi connectivity index (χ2n) is 5.18. The largest absolute Gasteiger partial charge is 0.501 e. The molecule has 0 atom stereocenters. The average Bonchev–Trinajstić information content (AvgIpc) is 2.76. The van der Waals surface area contributed by atoms with Crippen molar-refractivity contribution in [3.63, 3.8) is 0 Å². The molecule has 0 saturated carbocycles. The van der Waals surface area contributed by atoms with Gasteiger partial charge in [0.2, 0.25) is 0 Å². The number of esters is 1. The van der Waals surface area contributed by atoms with Crippen LogP contribution >= 0.6 is 0 Å². The molecule has 0 spiro atoms. The molecule has 6 nitrogen and oxygen atoms in total. The molecule has 2 rings (SSSR count). The molecule has 1 heterocycles. The molecule has 1 aliphatic heterocycles. The molecular formula is C15H20O6S. The van der Waals surface area contributed by atoms with E-state index in [-0.39, 0.29) is 23.2 Å². The monoisotopic (exact) mass is 328 g/mol. The van der Waals surface area contributed by atoms with Gasteiger partial charge in [0.25, 0.3) is 0 Å². The zero-order chi connectivity index (χ0) is 16.0. The first kappa shape index (κ1) is 16.6. The average molecular weight is 328 g/mol. The summed E-state index contributed by atoms with van der Waals surface area (Å²) < 4.78 is 36.6. The van der Waals surface area contributed by atoms with Crippen LogP contribution < -0.4 is 13.1 Å². The van der Waals surface area contributed by atoms with Gasteiger partial charge >= 0.3 is 16.4 Å². The summed E-state index contributed by atoms with van der Waals surface area (Å²) >= 11 is 0. The molecule has 0 N–H and O–H groups in total. The molecule has 122 valence electrons. The smallest absolute Gasteiger partial charge is 0.426 e. The van der Waals surface area contributed by atoms with Crippen LogP contribution in [0.2, 0.25) is 0 Å². The molecule has 0 fully saturated rings. The summed E-state index contributed by atoms with van der Waals surface area (Å²) in [5, 5.41) is 0. The normalized spacial score (nSPS) is 14.8. The molecule has 0 aliphatic carbocycles. The summed E-state index contributed by atoms with van der Waals surface area (Å²) in [6.45, 7) is 2.16.